The Bertz CT molecular complexity index is 752. The van der Waals surface area contributed by atoms with E-state index in [0.29, 0.717) is 16.9 Å². The number of carbonyl (C=O) groups excluding carboxylic acids is 1. The minimum Gasteiger partial charge on any atom is -0.868 e. The molecule has 0 bridgehead atoms. The average molecular weight is 324 g/mol. The van der Waals surface area contributed by atoms with Crippen LogP contribution in [0.1, 0.15) is 6.92 Å². The van der Waals surface area contributed by atoms with Crippen molar-refractivity contribution in [3.8, 4) is 11.5 Å². The van der Waals surface area contributed by atoms with Crippen LogP contribution >= 0.6 is 0 Å². The van der Waals surface area contributed by atoms with Crippen LogP contribution in [0.3, 0.4) is 0 Å². The predicted octanol–water partition coefficient (Wildman–Crippen LogP) is 1.05. The first kappa shape index (κ1) is 16.2. The molecule has 0 aliphatic rings. The van der Waals surface area contributed by atoms with Gasteiger partial charge >= 0.3 is 11.6 Å². The van der Waals surface area contributed by atoms with Gasteiger partial charge in [0.2, 0.25) is 4.90 Å². The maximum absolute atomic E-state index is 12.5. The van der Waals surface area contributed by atoms with Crippen molar-refractivity contribution in [2.45, 2.75) is 11.8 Å². The second-order valence-electron chi connectivity index (χ2n) is 4.59. The third-order valence-electron chi connectivity index (χ3n) is 3.07. The van der Waals surface area contributed by atoms with Gasteiger partial charge in [0, 0.05) is 23.2 Å². The van der Waals surface area contributed by atoms with Gasteiger partial charge < -0.3 is 19.0 Å². The first-order chi connectivity index (χ1) is 10.4. The van der Waals surface area contributed by atoms with E-state index in [1.165, 1.54) is 20.1 Å². The Labute approximate surface area is 130 Å². The maximum Gasteiger partial charge on any atom is 0.391 e. The van der Waals surface area contributed by atoms with E-state index in [0.717, 1.165) is 0 Å². The van der Waals surface area contributed by atoms with Crippen molar-refractivity contribution < 1.29 is 23.8 Å². The lowest BCUT2D eigenvalue weighted by molar-refractivity contribution is -0.270. The molecule has 1 unspecified atom stereocenters. The molecule has 118 valence electrons. The van der Waals surface area contributed by atoms with E-state index in [-0.39, 0.29) is 22.8 Å². The number of ether oxygens (including phenoxy) is 2. The van der Waals surface area contributed by atoms with E-state index < -0.39 is 22.5 Å². The van der Waals surface area contributed by atoms with Crippen LogP contribution in [-0.2, 0) is 20.4 Å². The molecule has 0 aliphatic carbocycles. The molecule has 0 saturated carbocycles. The standard InChI is InChI=1S/C15H16O6S/c1-9(16)20-6-7-22(3)14-13(17)11-8-10(19-2)4-5-12(11)21-15(14)18/h4-5,8H,6-7H2,1-3H3. The molecule has 22 heavy (non-hydrogen) atoms. The van der Waals surface area contributed by atoms with E-state index >= 15 is 0 Å². The number of benzene rings is 1. The summed E-state index contributed by atoms with van der Waals surface area (Å²) in [4.78, 5) is 22.9. The quantitative estimate of drug-likeness (QED) is 0.464. The highest BCUT2D eigenvalue weighted by Gasteiger charge is 2.24. The van der Waals surface area contributed by atoms with E-state index in [9.17, 15) is 14.7 Å². The summed E-state index contributed by atoms with van der Waals surface area (Å²) in [5, 5.41) is 12.8. The third kappa shape index (κ3) is 3.36. The molecule has 0 N–H and O–H groups in total. The van der Waals surface area contributed by atoms with Gasteiger partial charge in [0.15, 0.2) is 0 Å². The first-order valence-corrected chi connectivity index (χ1v) is 8.32. The summed E-state index contributed by atoms with van der Waals surface area (Å²) >= 11 is 0. The molecule has 0 radical (unpaired) electrons. The van der Waals surface area contributed by atoms with Gasteiger partial charge in [-0.15, -0.1) is 0 Å². The lowest BCUT2D eigenvalue weighted by Gasteiger charge is -2.14. The third-order valence-corrected chi connectivity index (χ3v) is 4.90. The number of fused-ring (bicyclic) bond motifs is 1. The summed E-state index contributed by atoms with van der Waals surface area (Å²) in [6, 6.07) is 4.71. The smallest absolute Gasteiger partial charge is 0.391 e. The van der Waals surface area contributed by atoms with Crippen molar-refractivity contribution in [3.63, 3.8) is 0 Å². The molecule has 1 aromatic carbocycles. The summed E-state index contributed by atoms with van der Waals surface area (Å²) < 4.78 is 15.1. The highest BCUT2D eigenvalue weighted by atomic mass is 32.2. The second-order valence-corrected chi connectivity index (χ2v) is 6.68. The van der Waals surface area contributed by atoms with Crippen LogP contribution in [0.5, 0.6) is 11.5 Å². The lowest BCUT2D eigenvalue weighted by atomic mass is 10.2. The Morgan fingerprint density at radius 2 is 2.14 bits per heavy atom. The van der Waals surface area contributed by atoms with Gasteiger partial charge in [-0.3, -0.25) is 4.79 Å². The number of esters is 1. The number of methoxy groups -OCH3 is 1. The molecule has 1 heterocycles. The lowest BCUT2D eigenvalue weighted by Crippen LogP contribution is -2.22. The summed E-state index contributed by atoms with van der Waals surface area (Å²) in [6.45, 7) is 1.47. The van der Waals surface area contributed by atoms with Gasteiger partial charge in [-0.1, -0.05) is 0 Å². The molecule has 0 amide bonds. The summed E-state index contributed by atoms with van der Waals surface area (Å²) in [5.41, 5.74) is -0.409. The van der Waals surface area contributed by atoms with Crippen molar-refractivity contribution in [2.24, 2.45) is 0 Å². The molecular weight excluding hydrogens is 308 g/mol. The molecule has 7 heteroatoms. The highest BCUT2D eigenvalue weighted by molar-refractivity contribution is 7.96. The fraction of sp³-hybridized carbons (Fsp3) is 0.333. The molecule has 6 nitrogen and oxygen atoms in total. The fourth-order valence-electron chi connectivity index (χ4n) is 1.98. The predicted molar refractivity (Wildman–Crippen MR) is 81.5 cm³/mol. The number of hydrogen-bond donors (Lipinski definition) is 0. The van der Waals surface area contributed by atoms with Crippen LogP contribution in [0.2, 0.25) is 0 Å². The monoisotopic (exact) mass is 324 g/mol. The van der Waals surface area contributed by atoms with Crippen molar-refractivity contribution in [2.75, 3.05) is 25.7 Å². The van der Waals surface area contributed by atoms with E-state index in [2.05, 4.69) is 0 Å². The van der Waals surface area contributed by atoms with Crippen molar-refractivity contribution in [3.05, 3.63) is 28.6 Å². The molecule has 0 fully saturated rings. The SMILES string of the molecule is COc1ccc2oc(=O)c([S+](C)CCOC(C)=O)c([O-])c2c1. The Balaban J connectivity index is 2.40. The first-order valence-electron chi connectivity index (χ1n) is 6.51. The molecule has 1 atom stereocenters. The van der Waals surface area contributed by atoms with Gasteiger partial charge in [0.05, 0.1) is 7.11 Å². The van der Waals surface area contributed by atoms with Crippen LogP contribution in [0, 0.1) is 0 Å². The fourth-order valence-corrected chi connectivity index (χ4v) is 3.27. The number of hydrogen-bond acceptors (Lipinski definition) is 6. The molecule has 2 aromatic rings. The molecular formula is C15H16O6S. The van der Waals surface area contributed by atoms with Gasteiger partial charge in [0.25, 0.3) is 0 Å². The van der Waals surface area contributed by atoms with E-state index in [4.69, 9.17) is 13.9 Å². The Morgan fingerprint density at radius 3 is 2.77 bits per heavy atom. The number of carbonyl (C=O) groups is 1. The molecule has 0 saturated heterocycles. The summed E-state index contributed by atoms with van der Waals surface area (Å²) in [7, 11) is 0.821. The van der Waals surface area contributed by atoms with Crippen LogP contribution < -0.4 is 15.5 Å². The van der Waals surface area contributed by atoms with Crippen LogP contribution in [-0.4, -0.2) is 31.7 Å². The highest BCUT2D eigenvalue weighted by Crippen LogP contribution is 2.30. The van der Waals surface area contributed by atoms with Gasteiger partial charge in [-0.05, 0) is 23.9 Å². The van der Waals surface area contributed by atoms with Crippen LogP contribution in [0.15, 0.2) is 32.3 Å². The van der Waals surface area contributed by atoms with Crippen LogP contribution in [0.4, 0.5) is 0 Å². The van der Waals surface area contributed by atoms with Gasteiger partial charge in [0.1, 0.15) is 29.9 Å². The van der Waals surface area contributed by atoms with E-state index in [1.54, 1.807) is 18.4 Å². The minimum absolute atomic E-state index is 0.0907. The Kier molecular flexibility index (Phi) is 4.97. The molecule has 0 spiro atoms. The summed E-state index contributed by atoms with van der Waals surface area (Å²) in [5.74, 6) is 0.156. The largest absolute Gasteiger partial charge is 0.868 e. The van der Waals surface area contributed by atoms with Crippen LogP contribution in [0.25, 0.3) is 11.0 Å². The minimum atomic E-state index is -0.674. The topological polar surface area (TPSA) is 88.8 Å². The molecule has 0 aliphatic heterocycles. The van der Waals surface area contributed by atoms with Crippen molar-refractivity contribution in [1.29, 1.82) is 0 Å². The van der Waals surface area contributed by atoms with Crippen molar-refractivity contribution in [1.82, 2.24) is 0 Å². The van der Waals surface area contributed by atoms with Gasteiger partial charge in [-0.25, -0.2) is 4.79 Å². The number of rotatable bonds is 5. The molecule has 1 aromatic heterocycles. The van der Waals surface area contributed by atoms with E-state index in [1.807, 2.05) is 0 Å². The van der Waals surface area contributed by atoms with Crippen molar-refractivity contribution >= 4 is 27.8 Å². The summed E-state index contributed by atoms with van der Waals surface area (Å²) in [6.07, 6.45) is 1.75. The zero-order valence-electron chi connectivity index (χ0n) is 12.5. The zero-order valence-corrected chi connectivity index (χ0v) is 13.3. The average Bonchev–Trinajstić information content (AvgIpc) is 2.46. The van der Waals surface area contributed by atoms with Gasteiger partial charge in [-0.2, -0.15) is 0 Å². The Hall–Kier alpha value is -2.15. The zero-order chi connectivity index (χ0) is 16.3. The second kappa shape index (κ2) is 6.74. The Morgan fingerprint density at radius 1 is 1.41 bits per heavy atom. The molecule has 2 rings (SSSR count). The normalized spacial score (nSPS) is 12.1. The maximum atomic E-state index is 12.5.